The summed E-state index contributed by atoms with van der Waals surface area (Å²) in [6.07, 6.45) is 2.65. The van der Waals surface area contributed by atoms with E-state index in [4.69, 9.17) is 4.74 Å². The molecule has 0 spiro atoms. The Morgan fingerprint density at radius 2 is 1.90 bits per heavy atom. The Balaban J connectivity index is 1.68. The molecule has 1 aliphatic rings. The smallest absolute Gasteiger partial charge is 0.130 e. The Morgan fingerprint density at radius 1 is 1.15 bits per heavy atom. The van der Waals surface area contributed by atoms with Gasteiger partial charge in [-0.1, -0.05) is 12.1 Å². The van der Waals surface area contributed by atoms with E-state index in [0.717, 1.165) is 24.1 Å². The van der Waals surface area contributed by atoms with Gasteiger partial charge in [-0.25, -0.2) is 0 Å². The first kappa shape index (κ1) is 13.9. The van der Waals surface area contributed by atoms with Gasteiger partial charge in [0.15, 0.2) is 0 Å². The zero-order chi connectivity index (χ0) is 13.9. The lowest BCUT2D eigenvalue weighted by molar-refractivity contribution is 0.478. The predicted molar refractivity (Wildman–Crippen MR) is 90.3 cm³/mol. The lowest BCUT2D eigenvalue weighted by Crippen LogP contribution is -2.15. The lowest BCUT2D eigenvalue weighted by Gasteiger charge is -2.11. The summed E-state index contributed by atoms with van der Waals surface area (Å²) < 4.78 is 7.15. The molecule has 0 radical (unpaired) electrons. The van der Waals surface area contributed by atoms with Crippen molar-refractivity contribution < 1.29 is 4.74 Å². The normalized spacial score (nSPS) is 14.3. The van der Waals surface area contributed by atoms with Crippen LogP contribution in [0.4, 0.5) is 0 Å². The summed E-state index contributed by atoms with van der Waals surface area (Å²) in [5.41, 5.74) is 2.50. The van der Waals surface area contributed by atoms with Gasteiger partial charge in [-0.3, -0.25) is 0 Å². The van der Waals surface area contributed by atoms with Crippen LogP contribution in [0, 0.1) is 10.5 Å². The standard InChI is InChI=1S/C17H18INO/c1-12-10-13(11-19-15-5-6-15)2-9-17(12)20-16-7-3-14(18)4-8-16/h2-4,7-10,15,19H,5-6,11H2,1H3. The van der Waals surface area contributed by atoms with Crippen molar-refractivity contribution in [1.29, 1.82) is 0 Å². The molecule has 0 heterocycles. The van der Waals surface area contributed by atoms with Crippen LogP contribution in [0.25, 0.3) is 0 Å². The minimum atomic E-state index is 0.748. The molecule has 20 heavy (non-hydrogen) atoms. The number of hydrogen-bond acceptors (Lipinski definition) is 2. The summed E-state index contributed by atoms with van der Waals surface area (Å²) in [4.78, 5) is 0. The van der Waals surface area contributed by atoms with Gasteiger partial charge in [0.25, 0.3) is 0 Å². The maximum Gasteiger partial charge on any atom is 0.130 e. The molecule has 0 unspecified atom stereocenters. The zero-order valence-electron chi connectivity index (χ0n) is 11.5. The quantitative estimate of drug-likeness (QED) is 0.764. The number of ether oxygens (including phenoxy) is 1. The van der Waals surface area contributed by atoms with Gasteiger partial charge in [0.2, 0.25) is 0 Å². The Hall–Kier alpha value is -1.07. The van der Waals surface area contributed by atoms with Crippen LogP contribution in [-0.2, 0) is 6.54 Å². The minimum Gasteiger partial charge on any atom is -0.457 e. The highest BCUT2D eigenvalue weighted by atomic mass is 127. The fraction of sp³-hybridized carbons (Fsp3) is 0.294. The highest BCUT2D eigenvalue weighted by Gasteiger charge is 2.19. The van der Waals surface area contributed by atoms with Crippen LogP contribution in [0.5, 0.6) is 11.5 Å². The van der Waals surface area contributed by atoms with Gasteiger partial charge in [0.1, 0.15) is 11.5 Å². The van der Waals surface area contributed by atoms with Crippen LogP contribution in [0.15, 0.2) is 42.5 Å². The van der Waals surface area contributed by atoms with Crippen LogP contribution in [0.3, 0.4) is 0 Å². The second-order valence-corrected chi connectivity index (χ2v) is 6.56. The van der Waals surface area contributed by atoms with E-state index < -0.39 is 0 Å². The van der Waals surface area contributed by atoms with E-state index in [2.05, 4.69) is 65.2 Å². The average molecular weight is 379 g/mol. The molecule has 1 aliphatic carbocycles. The first-order chi connectivity index (χ1) is 9.70. The van der Waals surface area contributed by atoms with Crippen LogP contribution < -0.4 is 10.1 Å². The Kier molecular flexibility index (Phi) is 4.27. The van der Waals surface area contributed by atoms with Crippen molar-refractivity contribution in [3.05, 3.63) is 57.2 Å². The van der Waals surface area contributed by atoms with E-state index in [1.54, 1.807) is 0 Å². The van der Waals surface area contributed by atoms with Crippen molar-refractivity contribution in [3.8, 4) is 11.5 Å². The molecule has 0 saturated heterocycles. The Bertz CT molecular complexity index is 590. The van der Waals surface area contributed by atoms with Gasteiger partial charge in [-0.05, 0) is 83.8 Å². The molecular formula is C17H18INO. The van der Waals surface area contributed by atoms with E-state index in [0.29, 0.717) is 0 Å². The number of rotatable bonds is 5. The summed E-state index contributed by atoms with van der Waals surface area (Å²) >= 11 is 2.30. The molecule has 3 heteroatoms. The summed E-state index contributed by atoms with van der Waals surface area (Å²) in [5.74, 6) is 1.82. The molecule has 0 aliphatic heterocycles. The maximum atomic E-state index is 5.93. The minimum absolute atomic E-state index is 0.748. The predicted octanol–water partition coefficient (Wildman–Crippen LogP) is 4.64. The van der Waals surface area contributed by atoms with Gasteiger partial charge in [-0.2, -0.15) is 0 Å². The number of nitrogens with one attached hydrogen (secondary N) is 1. The summed E-state index contributed by atoms with van der Waals surface area (Å²) in [6.45, 7) is 3.05. The molecule has 1 N–H and O–H groups in total. The third kappa shape index (κ3) is 3.73. The van der Waals surface area contributed by atoms with E-state index in [9.17, 15) is 0 Å². The number of benzene rings is 2. The maximum absolute atomic E-state index is 5.93. The van der Waals surface area contributed by atoms with Gasteiger partial charge < -0.3 is 10.1 Å². The van der Waals surface area contributed by atoms with Crippen molar-refractivity contribution >= 4 is 22.6 Å². The van der Waals surface area contributed by atoms with Crippen molar-refractivity contribution in [2.45, 2.75) is 32.4 Å². The molecule has 2 aromatic rings. The summed E-state index contributed by atoms with van der Waals surface area (Å²) in [5, 5.41) is 3.53. The highest BCUT2D eigenvalue weighted by Crippen LogP contribution is 2.26. The number of hydrogen-bond donors (Lipinski definition) is 1. The van der Waals surface area contributed by atoms with Crippen LogP contribution in [-0.4, -0.2) is 6.04 Å². The van der Waals surface area contributed by atoms with Crippen molar-refractivity contribution in [2.24, 2.45) is 0 Å². The molecule has 0 amide bonds. The van der Waals surface area contributed by atoms with E-state index >= 15 is 0 Å². The second kappa shape index (κ2) is 6.14. The number of aryl methyl sites for hydroxylation is 1. The third-order valence-corrected chi connectivity index (χ3v) is 4.17. The van der Waals surface area contributed by atoms with Gasteiger partial charge >= 0.3 is 0 Å². The summed E-state index contributed by atoms with van der Waals surface area (Å²) in [7, 11) is 0. The fourth-order valence-electron chi connectivity index (χ4n) is 2.12. The average Bonchev–Trinajstić information content (AvgIpc) is 3.26. The van der Waals surface area contributed by atoms with Crippen LogP contribution >= 0.6 is 22.6 Å². The lowest BCUT2D eigenvalue weighted by atomic mass is 10.1. The van der Waals surface area contributed by atoms with E-state index in [1.807, 2.05) is 12.1 Å². The van der Waals surface area contributed by atoms with Gasteiger partial charge in [0.05, 0.1) is 0 Å². The SMILES string of the molecule is Cc1cc(CNC2CC2)ccc1Oc1ccc(I)cc1. The van der Waals surface area contributed by atoms with Crippen LogP contribution in [0.2, 0.25) is 0 Å². The van der Waals surface area contributed by atoms with Crippen molar-refractivity contribution in [2.75, 3.05) is 0 Å². The zero-order valence-corrected chi connectivity index (χ0v) is 13.7. The monoisotopic (exact) mass is 379 g/mol. The van der Waals surface area contributed by atoms with Crippen molar-refractivity contribution in [3.63, 3.8) is 0 Å². The van der Waals surface area contributed by atoms with Gasteiger partial charge in [-0.15, -0.1) is 0 Å². The molecule has 3 rings (SSSR count). The molecule has 0 bridgehead atoms. The molecule has 0 aromatic heterocycles. The summed E-state index contributed by atoms with van der Waals surface area (Å²) in [6, 6.07) is 15.3. The molecular weight excluding hydrogens is 361 g/mol. The van der Waals surface area contributed by atoms with Crippen molar-refractivity contribution in [1.82, 2.24) is 5.32 Å². The topological polar surface area (TPSA) is 21.3 Å². The Morgan fingerprint density at radius 3 is 2.55 bits per heavy atom. The third-order valence-electron chi connectivity index (χ3n) is 3.45. The fourth-order valence-corrected chi connectivity index (χ4v) is 2.47. The largest absolute Gasteiger partial charge is 0.457 e. The molecule has 104 valence electrons. The second-order valence-electron chi connectivity index (χ2n) is 5.31. The molecule has 1 saturated carbocycles. The first-order valence-electron chi connectivity index (χ1n) is 6.97. The van der Waals surface area contributed by atoms with E-state index in [1.165, 1.54) is 27.5 Å². The Labute approximate surface area is 133 Å². The molecule has 0 atom stereocenters. The highest BCUT2D eigenvalue weighted by molar-refractivity contribution is 14.1. The molecule has 2 nitrogen and oxygen atoms in total. The number of halogens is 1. The molecule has 1 fully saturated rings. The first-order valence-corrected chi connectivity index (χ1v) is 8.05. The van der Waals surface area contributed by atoms with Crippen LogP contribution in [0.1, 0.15) is 24.0 Å². The molecule has 2 aromatic carbocycles. The van der Waals surface area contributed by atoms with Gasteiger partial charge in [0, 0.05) is 16.2 Å². The van der Waals surface area contributed by atoms with E-state index in [-0.39, 0.29) is 0 Å².